The van der Waals surface area contributed by atoms with Gasteiger partial charge in [0.1, 0.15) is 0 Å². The Morgan fingerprint density at radius 3 is 2.93 bits per heavy atom. The van der Waals surface area contributed by atoms with Crippen molar-refractivity contribution in [3.8, 4) is 0 Å². The summed E-state index contributed by atoms with van der Waals surface area (Å²) in [7, 11) is 1.32. The van der Waals surface area contributed by atoms with Gasteiger partial charge in [-0.3, -0.25) is 4.79 Å². The molecule has 0 fully saturated rings. The van der Waals surface area contributed by atoms with Crippen LogP contribution in [0.1, 0.15) is 20.8 Å². The predicted molar refractivity (Wildman–Crippen MR) is 103 cm³/mol. The molecule has 10 heteroatoms. The Labute approximate surface area is 163 Å². The van der Waals surface area contributed by atoms with Crippen LogP contribution in [0.15, 0.2) is 40.9 Å². The summed E-state index contributed by atoms with van der Waals surface area (Å²) in [6.45, 7) is 2.42. The molecule has 0 saturated heterocycles. The van der Waals surface area contributed by atoms with Crippen molar-refractivity contribution in [2.24, 2.45) is 0 Å². The minimum atomic E-state index is -0.451. The fourth-order valence-corrected chi connectivity index (χ4v) is 3.63. The Kier molecular flexibility index (Phi) is 6.20. The van der Waals surface area contributed by atoms with Crippen LogP contribution in [0.25, 0.3) is 0 Å². The first-order chi connectivity index (χ1) is 13.1. The molecule has 1 amide bonds. The maximum absolute atomic E-state index is 12.3. The fourth-order valence-electron chi connectivity index (χ4n) is 2.27. The second-order valence-corrected chi connectivity index (χ2v) is 7.53. The largest absolute Gasteiger partial charge is 0.465 e. The second-order valence-electron chi connectivity index (χ2n) is 5.56. The SMILES string of the molecule is COC(=O)c1ccc(C)c(NC(=O)CSc2nnnn2Cc2cccs2)c1. The number of nitrogens with one attached hydrogen (secondary N) is 1. The van der Waals surface area contributed by atoms with E-state index in [-0.39, 0.29) is 11.7 Å². The number of benzene rings is 1. The Balaban J connectivity index is 1.61. The maximum Gasteiger partial charge on any atom is 0.337 e. The zero-order valence-corrected chi connectivity index (χ0v) is 16.3. The Hall–Kier alpha value is -2.72. The molecule has 0 saturated carbocycles. The molecule has 2 heterocycles. The van der Waals surface area contributed by atoms with Gasteiger partial charge in [0.2, 0.25) is 11.1 Å². The van der Waals surface area contributed by atoms with Crippen LogP contribution in [0.3, 0.4) is 0 Å². The highest BCUT2D eigenvalue weighted by molar-refractivity contribution is 7.99. The van der Waals surface area contributed by atoms with Crippen molar-refractivity contribution in [1.29, 1.82) is 0 Å². The molecule has 0 aliphatic heterocycles. The minimum absolute atomic E-state index is 0.146. The number of aryl methyl sites for hydroxylation is 1. The van der Waals surface area contributed by atoms with E-state index in [1.807, 2.05) is 24.4 Å². The number of thiophene rings is 1. The van der Waals surface area contributed by atoms with Crippen molar-refractivity contribution in [1.82, 2.24) is 20.2 Å². The summed E-state index contributed by atoms with van der Waals surface area (Å²) in [6.07, 6.45) is 0. The highest BCUT2D eigenvalue weighted by Gasteiger charge is 2.13. The first-order valence-electron chi connectivity index (χ1n) is 7.97. The maximum atomic E-state index is 12.3. The normalized spacial score (nSPS) is 10.6. The lowest BCUT2D eigenvalue weighted by molar-refractivity contribution is -0.113. The zero-order chi connectivity index (χ0) is 19.2. The van der Waals surface area contributed by atoms with Gasteiger partial charge in [-0.2, -0.15) is 0 Å². The van der Waals surface area contributed by atoms with Crippen molar-refractivity contribution >= 4 is 40.7 Å². The molecule has 0 aliphatic carbocycles. The molecule has 0 atom stereocenters. The van der Waals surface area contributed by atoms with E-state index in [2.05, 4.69) is 20.8 Å². The van der Waals surface area contributed by atoms with Gasteiger partial charge in [-0.1, -0.05) is 23.9 Å². The van der Waals surface area contributed by atoms with E-state index >= 15 is 0 Å². The topological polar surface area (TPSA) is 99.0 Å². The third kappa shape index (κ3) is 4.92. The molecule has 0 aliphatic rings. The van der Waals surface area contributed by atoms with E-state index in [0.717, 1.165) is 10.4 Å². The predicted octanol–water partition coefficient (Wildman–Crippen LogP) is 2.61. The van der Waals surface area contributed by atoms with Gasteiger partial charge in [-0.05, 0) is 46.5 Å². The summed E-state index contributed by atoms with van der Waals surface area (Å²) in [5.74, 6) is -0.518. The Morgan fingerprint density at radius 2 is 2.19 bits per heavy atom. The Bertz CT molecular complexity index is 940. The lowest BCUT2D eigenvalue weighted by Crippen LogP contribution is -2.16. The third-order valence-electron chi connectivity index (χ3n) is 3.65. The Morgan fingerprint density at radius 1 is 1.33 bits per heavy atom. The van der Waals surface area contributed by atoms with Crippen LogP contribution in [0.4, 0.5) is 5.69 Å². The van der Waals surface area contributed by atoms with Crippen molar-refractivity contribution in [2.75, 3.05) is 18.2 Å². The second kappa shape index (κ2) is 8.78. The summed E-state index contributed by atoms with van der Waals surface area (Å²) >= 11 is 2.87. The number of anilines is 1. The summed E-state index contributed by atoms with van der Waals surface area (Å²) < 4.78 is 6.37. The highest BCUT2D eigenvalue weighted by atomic mass is 32.2. The number of rotatable bonds is 7. The average molecular weight is 403 g/mol. The van der Waals surface area contributed by atoms with Crippen molar-refractivity contribution in [3.05, 3.63) is 51.7 Å². The molecule has 1 N–H and O–H groups in total. The number of thioether (sulfide) groups is 1. The molecular weight excluding hydrogens is 386 g/mol. The van der Waals surface area contributed by atoms with E-state index in [1.54, 1.807) is 34.2 Å². The van der Waals surface area contributed by atoms with E-state index in [0.29, 0.717) is 23.0 Å². The van der Waals surface area contributed by atoms with Crippen LogP contribution in [-0.2, 0) is 16.1 Å². The molecule has 0 radical (unpaired) electrons. The zero-order valence-electron chi connectivity index (χ0n) is 14.7. The van der Waals surface area contributed by atoms with Crippen LogP contribution >= 0.6 is 23.1 Å². The molecule has 3 rings (SSSR count). The van der Waals surface area contributed by atoms with Crippen LogP contribution in [-0.4, -0.2) is 44.9 Å². The lowest BCUT2D eigenvalue weighted by Gasteiger charge is -2.10. The van der Waals surface area contributed by atoms with E-state index in [9.17, 15) is 9.59 Å². The smallest absolute Gasteiger partial charge is 0.337 e. The minimum Gasteiger partial charge on any atom is -0.465 e. The number of methoxy groups -OCH3 is 1. The number of aromatic nitrogens is 4. The van der Waals surface area contributed by atoms with Gasteiger partial charge in [0, 0.05) is 10.6 Å². The number of amides is 1. The molecule has 0 bridgehead atoms. The number of tetrazole rings is 1. The lowest BCUT2D eigenvalue weighted by atomic mass is 10.1. The molecule has 1 aromatic carbocycles. The van der Waals surface area contributed by atoms with Crippen LogP contribution < -0.4 is 5.32 Å². The van der Waals surface area contributed by atoms with Crippen molar-refractivity contribution < 1.29 is 14.3 Å². The standard InChI is InChI=1S/C17H17N5O3S2/c1-11-5-6-12(16(24)25-2)8-14(11)18-15(23)10-27-17-19-20-21-22(17)9-13-4-3-7-26-13/h3-8H,9-10H2,1-2H3,(H,18,23). The van der Waals surface area contributed by atoms with Gasteiger partial charge in [0.15, 0.2) is 0 Å². The van der Waals surface area contributed by atoms with Crippen LogP contribution in [0, 0.1) is 6.92 Å². The van der Waals surface area contributed by atoms with Crippen molar-refractivity contribution in [3.63, 3.8) is 0 Å². The number of ether oxygens (including phenoxy) is 1. The van der Waals surface area contributed by atoms with Gasteiger partial charge in [-0.15, -0.1) is 16.4 Å². The van der Waals surface area contributed by atoms with Crippen LogP contribution in [0.5, 0.6) is 0 Å². The van der Waals surface area contributed by atoms with Gasteiger partial charge in [-0.25, -0.2) is 9.48 Å². The first kappa shape index (κ1) is 19.1. The molecule has 8 nitrogen and oxygen atoms in total. The summed E-state index contributed by atoms with van der Waals surface area (Å²) in [5.41, 5.74) is 1.80. The number of carbonyl (C=O) groups excluding carboxylic acids is 2. The van der Waals surface area contributed by atoms with E-state index in [4.69, 9.17) is 4.74 Å². The van der Waals surface area contributed by atoms with Crippen LogP contribution in [0.2, 0.25) is 0 Å². The molecule has 0 unspecified atom stereocenters. The molecule has 2 aromatic heterocycles. The summed E-state index contributed by atoms with van der Waals surface area (Å²) in [6, 6.07) is 8.99. The quantitative estimate of drug-likeness (QED) is 0.478. The first-order valence-corrected chi connectivity index (χ1v) is 9.83. The molecule has 140 valence electrons. The van der Waals surface area contributed by atoms with Gasteiger partial charge in [0.25, 0.3) is 0 Å². The number of esters is 1. The molecular formula is C17H17N5O3S2. The van der Waals surface area contributed by atoms with Gasteiger partial charge in [0.05, 0.1) is 25.0 Å². The van der Waals surface area contributed by atoms with Gasteiger partial charge < -0.3 is 10.1 Å². The molecule has 3 aromatic rings. The van der Waals surface area contributed by atoms with E-state index in [1.165, 1.54) is 18.9 Å². The number of carbonyl (C=O) groups is 2. The monoisotopic (exact) mass is 403 g/mol. The van der Waals surface area contributed by atoms with Crippen molar-refractivity contribution in [2.45, 2.75) is 18.6 Å². The van der Waals surface area contributed by atoms with E-state index < -0.39 is 5.97 Å². The number of hydrogen-bond donors (Lipinski definition) is 1. The highest BCUT2D eigenvalue weighted by Crippen LogP contribution is 2.20. The average Bonchev–Trinajstić information content (AvgIpc) is 3.33. The van der Waals surface area contributed by atoms with Gasteiger partial charge >= 0.3 is 5.97 Å². The molecule has 0 spiro atoms. The fraction of sp³-hybridized carbons (Fsp3) is 0.235. The summed E-state index contributed by atoms with van der Waals surface area (Å²) in [5, 5.41) is 17.0. The number of hydrogen-bond acceptors (Lipinski definition) is 8. The summed E-state index contributed by atoms with van der Waals surface area (Å²) in [4.78, 5) is 25.1. The molecule has 27 heavy (non-hydrogen) atoms. The number of nitrogens with zero attached hydrogens (tertiary/aromatic N) is 4. The third-order valence-corrected chi connectivity index (χ3v) is 5.47.